The van der Waals surface area contributed by atoms with Crippen molar-refractivity contribution in [1.82, 2.24) is 0 Å². The summed E-state index contributed by atoms with van der Waals surface area (Å²) in [4.78, 5) is 0. The van der Waals surface area contributed by atoms with Crippen molar-refractivity contribution in [2.45, 2.75) is 32.5 Å². The molecular formula is C14H22HfSi-3. The van der Waals surface area contributed by atoms with E-state index >= 15 is 0 Å². The molecule has 0 amide bonds. The van der Waals surface area contributed by atoms with Crippen LogP contribution >= 0.6 is 0 Å². The van der Waals surface area contributed by atoms with Crippen molar-refractivity contribution in [2.24, 2.45) is 0 Å². The van der Waals surface area contributed by atoms with Crippen LogP contribution in [0.25, 0.3) is 0 Å². The maximum atomic E-state index is 2.99. The molecule has 2 rings (SSSR count). The molecule has 0 fully saturated rings. The van der Waals surface area contributed by atoms with Crippen LogP contribution in [0.15, 0.2) is 36.5 Å². The normalized spacial score (nSPS) is 13.2. The minimum absolute atomic E-state index is 0. The Labute approximate surface area is 123 Å². The summed E-state index contributed by atoms with van der Waals surface area (Å²) < 4.78 is 0. The quantitative estimate of drug-likeness (QED) is 0.419. The first-order valence-electron chi connectivity index (χ1n) is 4.93. The van der Waals surface area contributed by atoms with E-state index in [2.05, 4.69) is 43.9 Å². The van der Waals surface area contributed by atoms with E-state index in [-0.39, 0.29) is 42.1 Å². The van der Waals surface area contributed by atoms with Gasteiger partial charge in [-0.2, -0.15) is 12.2 Å². The van der Waals surface area contributed by atoms with Crippen LogP contribution in [-0.2, 0) is 25.8 Å². The molecule has 0 bridgehead atoms. The van der Waals surface area contributed by atoms with Gasteiger partial charge in [-0.3, -0.25) is 12.2 Å². The van der Waals surface area contributed by atoms with Gasteiger partial charge >= 0.3 is 0 Å². The summed E-state index contributed by atoms with van der Waals surface area (Å²) in [7, 11) is 0.120. The van der Waals surface area contributed by atoms with Crippen LogP contribution in [-0.4, -0.2) is 8.80 Å². The van der Waals surface area contributed by atoms with E-state index in [1.54, 1.807) is 0 Å². The van der Waals surface area contributed by atoms with E-state index < -0.39 is 0 Å². The molecule has 0 N–H and O–H groups in total. The van der Waals surface area contributed by atoms with Gasteiger partial charge in [0.2, 0.25) is 0 Å². The number of hydrogen-bond donors (Lipinski definition) is 0. The fourth-order valence-corrected chi connectivity index (χ4v) is 0.680. The summed E-state index contributed by atoms with van der Waals surface area (Å²) in [5.74, 6) is 0. The molecule has 0 unspecified atom stereocenters. The van der Waals surface area contributed by atoms with Gasteiger partial charge in [-0.15, -0.1) is 12.8 Å². The topological polar surface area (TPSA) is 0 Å². The predicted molar refractivity (Wildman–Crippen MR) is 72.9 cm³/mol. The third-order valence-corrected chi connectivity index (χ3v) is 1.17. The van der Waals surface area contributed by atoms with Crippen LogP contribution in [0.1, 0.15) is 12.8 Å². The minimum Gasteiger partial charge on any atom is -0.358 e. The van der Waals surface area contributed by atoms with Crippen LogP contribution in [0.5, 0.6) is 0 Å². The molecule has 0 atom stereocenters. The van der Waals surface area contributed by atoms with Gasteiger partial charge in [-0.1, -0.05) is 19.6 Å². The second-order valence-electron chi connectivity index (χ2n) is 3.51. The molecule has 0 aromatic carbocycles. The van der Waals surface area contributed by atoms with Crippen molar-refractivity contribution in [1.29, 1.82) is 0 Å². The molecule has 2 aliphatic rings. The Kier molecular flexibility index (Phi) is 23.3. The Morgan fingerprint density at radius 2 is 1.19 bits per heavy atom. The maximum Gasteiger partial charge on any atom is 0.0379 e. The molecule has 0 aromatic heterocycles. The third kappa shape index (κ3) is 23.7. The fourth-order valence-electron chi connectivity index (χ4n) is 0.680. The minimum atomic E-state index is 0. The summed E-state index contributed by atoms with van der Waals surface area (Å²) >= 11 is 0. The van der Waals surface area contributed by atoms with E-state index in [1.165, 1.54) is 0 Å². The number of rotatable bonds is 0. The van der Waals surface area contributed by atoms with Crippen molar-refractivity contribution in [3.63, 3.8) is 0 Å². The average molecular weight is 397 g/mol. The van der Waals surface area contributed by atoms with Gasteiger partial charge in [0, 0.05) is 34.6 Å². The molecular weight excluding hydrogens is 375 g/mol. The van der Waals surface area contributed by atoms with Gasteiger partial charge in [-0.05, 0) is 0 Å². The van der Waals surface area contributed by atoms with Crippen LogP contribution in [0, 0.1) is 19.6 Å². The summed E-state index contributed by atoms with van der Waals surface area (Å²) in [6, 6.07) is 0. The predicted octanol–water partition coefficient (Wildman–Crippen LogP) is 4.43. The van der Waals surface area contributed by atoms with E-state index in [0.717, 1.165) is 12.8 Å². The molecule has 0 saturated carbocycles. The van der Waals surface area contributed by atoms with Crippen LogP contribution in [0.4, 0.5) is 0 Å². The molecule has 0 aromatic rings. The first-order valence-corrected chi connectivity index (χ1v) is 7.93. The second-order valence-corrected chi connectivity index (χ2v) is 6.51. The van der Waals surface area contributed by atoms with E-state index in [9.17, 15) is 0 Å². The van der Waals surface area contributed by atoms with Crippen molar-refractivity contribution < 1.29 is 25.8 Å². The van der Waals surface area contributed by atoms with E-state index in [0.29, 0.717) is 0 Å². The molecule has 16 heavy (non-hydrogen) atoms. The van der Waals surface area contributed by atoms with E-state index in [4.69, 9.17) is 0 Å². The Morgan fingerprint density at radius 3 is 1.25 bits per heavy atom. The van der Waals surface area contributed by atoms with Gasteiger partial charge < -0.3 is 7.43 Å². The zero-order valence-corrected chi connectivity index (χ0v) is 15.5. The number of hydrogen-bond acceptors (Lipinski definition) is 0. The molecule has 0 aliphatic heterocycles. The zero-order chi connectivity index (χ0) is 10.6. The van der Waals surface area contributed by atoms with Gasteiger partial charge in [0.1, 0.15) is 0 Å². The van der Waals surface area contributed by atoms with Gasteiger partial charge in [-0.25, -0.2) is 24.3 Å². The first kappa shape index (κ1) is 21.3. The molecule has 1 radical (unpaired) electrons. The van der Waals surface area contributed by atoms with Crippen molar-refractivity contribution in [2.75, 3.05) is 0 Å². The Bertz CT molecular complexity index is 180. The van der Waals surface area contributed by atoms with Gasteiger partial charge in [0.05, 0.1) is 0 Å². The summed E-state index contributed by atoms with van der Waals surface area (Å²) in [6.07, 6.45) is 20.0. The third-order valence-electron chi connectivity index (χ3n) is 1.17. The average Bonchev–Trinajstić information content (AvgIpc) is 2.83. The van der Waals surface area contributed by atoms with Crippen molar-refractivity contribution in [3.05, 3.63) is 56.0 Å². The molecule has 89 valence electrons. The summed E-state index contributed by atoms with van der Waals surface area (Å²) in [5, 5.41) is 0. The van der Waals surface area contributed by atoms with Crippen molar-refractivity contribution in [3.8, 4) is 0 Å². The van der Waals surface area contributed by atoms with Crippen LogP contribution < -0.4 is 0 Å². The molecule has 0 spiro atoms. The maximum absolute atomic E-state index is 2.99. The first-order chi connectivity index (χ1) is 6.73. The van der Waals surface area contributed by atoms with Crippen molar-refractivity contribution >= 4 is 8.80 Å². The largest absolute Gasteiger partial charge is 0.358 e. The smallest absolute Gasteiger partial charge is 0.0379 e. The summed E-state index contributed by atoms with van der Waals surface area (Å²) in [6.45, 7) is 6.81. The Hall–Kier alpha value is 0.0470. The Balaban J connectivity index is -0.000000151. The molecule has 0 heterocycles. The zero-order valence-electron chi connectivity index (χ0n) is 10.9. The Morgan fingerprint density at radius 1 is 0.875 bits per heavy atom. The molecule has 0 saturated heterocycles. The van der Waals surface area contributed by atoms with Gasteiger partial charge in [0.15, 0.2) is 0 Å². The molecule has 0 nitrogen and oxygen atoms in total. The second kappa shape index (κ2) is 17.4. The SMILES string of the molecule is C[Si](C)C.[C-]1=CC=CC1.[C-]1=CC=CC1.[CH3-].[Hf]. The molecule has 2 aliphatic carbocycles. The number of allylic oxidation sites excluding steroid dienone is 8. The fraction of sp³-hybridized carbons (Fsp3) is 0.357. The standard InChI is InChI=1S/2C5H5.C3H9Si.CH3.Hf/c2*1-2-4-5-3-1;1-4(2)3;;/h2*1-3H,4H2;1-3H3;1H3;/q2*-1;;-1;. The van der Waals surface area contributed by atoms with Crippen LogP contribution in [0.3, 0.4) is 0 Å². The van der Waals surface area contributed by atoms with Gasteiger partial charge in [0.25, 0.3) is 0 Å². The monoisotopic (exact) mass is 398 g/mol. The molecule has 2 heteroatoms. The summed E-state index contributed by atoms with van der Waals surface area (Å²) in [5.41, 5.74) is 0. The van der Waals surface area contributed by atoms with E-state index in [1.807, 2.05) is 24.3 Å². The van der Waals surface area contributed by atoms with Crippen LogP contribution in [0.2, 0.25) is 19.6 Å².